The van der Waals surface area contributed by atoms with Crippen molar-refractivity contribution in [3.63, 3.8) is 0 Å². The number of nitrogens with zero attached hydrogens (tertiary/aromatic N) is 2. The van der Waals surface area contributed by atoms with Crippen molar-refractivity contribution in [2.45, 2.75) is 32.2 Å². The number of carbonyl (C=O) groups excluding carboxylic acids is 2. The first-order valence-electron chi connectivity index (χ1n) is 9.41. The van der Waals surface area contributed by atoms with Crippen LogP contribution in [0.3, 0.4) is 0 Å². The molecule has 1 atom stereocenters. The molecule has 0 radical (unpaired) electrons. The largest absolute Gasteiger partial charge is 0.484 e. The van der Waals surface area contributed by atoms with Crippen LogP contribution in [0.25, 0.3) is 0 Å². The van der Waals surface area contributed by atoms with Gasteiger partial charge in [0.2, 0.25) is 5.91 Å². The maximum Gasteiger partial charge on any atom is 0.263 e. The lowest BCUT2D eigenvalue weighted by molar-refractivity contribution is -0.118. The van der Waals surface area contributed by atoms with Crippen molar-refractivity contribution in [2.75, 3.05) is 28.7 Å². The molecule has 2 aliphatic heterocycles. The van der Waals surface area contributed by atoms with E-state index in [-0.39, 0.29) is 36.0 Å². The number of aromatic nitrogens is 2. The number of hydrogen-bond donors (Lipinski definition) is 2. The molecule has 2 aliphatic rings. The Balaban J connectivity index is 1.39. The summed E-state index contributed by atoms with van der Waals surface area (Å²) >= 11 is 0. The van der Waals surface area contributed by atoms with Gasteiger partial charge >= 0.3 is 0 Å². The standard InChI is InChI=1S/C19H22N4O5S/c1-12-8-17(23(22-12)14-6-7-29(26,27)11-14)21-19(25)10-28-15-3-4-16-13(9-15)2-5-18(24)20-16/h3-4,8-9,14H,2,5-7,10-11H2,1H3,(H,20,24)(H,21,25)/t14-/m0/s1. The number of aryl methyl sites for hydroxylation is 2. The molecule has 1 aromatic carbocycles. The number of amides is 2. The number of fused-ring (bicyclic) bond motifs is 1. The van der Waals surface area contributed by atoms with Crippen molar-refractivity contribution in [2.24, 2.45) is 0 Å². The molecule has 0 bridgehead atoms. The van der Waals surface area contributed by atoms with Crippen LogP contribution < -0.4 is 15.4 Å². The van der Waals surface area contributed by atoms with Crippen molar-refractivity contribution in [1.82, 2.24) is 9.78 Å². The fourth-order valence-corrected chi connectivity index (χ4v) is 5.33. The Bertz CT molecular complexity index is 1080. The van der Waals surface area contributed by atoms with E-state index < -0.39 is 9.84 Å². The van der Waals surface area contributed by atoms with Gasteiger partial charge in [0.1, 0.15) is 11.6 Å². The summed E-state index contributed by atoms with van der Waals surface area (Å²) in [6, 6.07) is 6.72. The van der Waals surface area contributed by atoms with Crippen LogP contribution in [0.15, 0.2) is 24.3 Å². The lowest BCUT2D eigenvalue weighted by atomic mass is 10.0. The fourth-order valence-electron chi connectivity index (χ4n) is 3.63. The van der Waals surface area contributed by atoms with Gasteiger partial charge in [0.15, 0.2) is 16.4 Å². The summed E-state index contributed by atoms with van der Waals surface area (Å²) in [6.07, 6.45) is 1.54. The number of benzene rings is 1. The zero-order valence-electron chi connectivity index (χ0n) is 16.0. The lowest BCUT2D eigenvalue weighted by Crippen LogP contribution is -2.24. The van der Waals surface area contributed by atoms with Crippen LogP contribution in [0.4, 0.5) is 11.5 Å². The van der Waals surface area contributed by atoms with Gasteiger partial charge in [-0.3, -0.25) is 9.59 Å². The molecular weight excluding hydrogens is 396 g/mol. The molecule has 1 saturated heterocycles. The van der Waals surface area contributed by atoms with Crippen molar-refractivity contribution in [3.05, 3.63) is 35.5 Å². The summed E-state index contributed by atoms with van der Waals surface area (Å²) in [5.41, 5.74) is 2.44. The average molecular weight is 418 g/mol. The summed E-state index contributed by atoms with van der Waals surface area (Å²) in [5, 5.41) is 9.90. The third-order valence-corrected chi connectivity index (χ3v) is 6.77. The van der Waals surface area contributed by atoms with Crippen LogP contribution in [0.2, 0.25) is 0 Å². The van der Waals surface area contributed by atoms with E-state index in [0.717, 1.165) is 11.3 Å². The van der Waals surface area contributed by atoms with Gasteiger partial charge in [0.05, 0.1) is 23.2 Å². The molecule has 0 aliphatic carbocycles. The quantitative estimate of drug-likeness (QED) is 0.759. The summed E-state index contributed by atoms with van der Waals surface area (Å²) in [5.74, 6) is 0.795. The summed E-state index contributed by atoms with van der Waals surface area (Å²) in [4.78, 5) is 23.8. The second kappa shape index (κ2) is 7.51. The van der Waals surface area contributed by atoms with E-state index in [4.69, 9.17) is 4.74 Å². The highest BCUT2D eigenvalue weighted by Gasteiger charge is 2.31. The summed E-state index contributed by atoms with van der Waals surface area (Å²) < 4.78 is 30.7. The predicted molar refractivity (Wildman–Crippen MR) is 107 cm³/mol. The van der Waals surface area contributed by atoms with Crippen LogP contribution in [-0.4, -0.2) is 48.1 Å². The minimum absolute atomic E-state index is 0.00693. The number of hydrogen-bond acceptors (Lipinski definition) is 6. The minimum atomic E-state index is -3.06. The first kappa shape index (κ1) is 19.4. The number of anilines is 2. The molecule has 0 saturated carbocycles. The Kier molecular flexibility index (Phi) is 5.03. The smallest absolute Gasteiger partial charge is 0.263 e. The first-order valence-corrected chi connectivity index (χ1v) is 11.2. The third kappa shape index (κ3) is 4.42. The summed E-state index contributed by atoms with van der Waals surface area (Å²) in [7, 11) is -3.06. The fraction of sp³-hybridized carbons (Fsp3) is 0.421. The average Bonchev–Trinajstić information content (AvgIpc) is 3.21. The van der Waals surface area contributed by atoms with E-state index in [2.05, 4.69) is 15.7 Å². The van der Waals surface area contributed by atoms with E-state index in [1.54, 1.807) is 29.8 Å². The van der Waals surface area contributed by atoms with Gasteiger partial charge in [-0.25, -0.2) is 13.1 Å². The van der Waals surface area contributed by atoms with Crippen molar-refractivity contribution in [1.29, 1.82) is 0 Å². The Morgan fingerprint density at radius 3 is 2.93 bits per heavy atom. The monoisotopic (exact) mass is 418 g/mol. The SMILES string of the molecule is Cc1cc(NC(=O)COc2ccc3c(c2)CCC(=O)N3)n([C@H]2CCS(=O)(=O)C2)n1. The lowest BCUT2D eigenvalue weighted by Gasteiger charge is -2.18. The maximum atomic E-state index is 12.4. The zero-order valence-corrected chi connectivity index (χ0v) is 16.8. The number of rotatable bonds is 5. The highest BCUT2D eigenvalue weighted by Crippen LogP contribution is 2.28. The van der Waals surface area contributed by atoms with Crippen molar-refractivity contribution >= 4 is 33.2 Å². The number of carbonyl (C=O) groups is 2. The van der Waals surface area contributed by atoms with Gasteiger partial charge in [-0.05, 0) is 43.5 Å². The van der Waals surface area contributed by atoms with Crippen LogP contribution in [-0.2, 0) is 25.8 Å². The molecule has 2 aromatic rings. The molecule has 154 valence electrons. The van der Waals surface area contributed by atoms with Crippen LogP contribution in [0.1, 0.15) is 30.1 Å². The second-order valence-electron chi connectivity index (χ2n) is 7.38. The Labute approximate surface area is 168 Å². The van der Waals surface area contributed by atoms with E-state index >= 15 is 0 Å². The van der Waals surface area contributed by atoms with Gasteiger partial charge in [-0.1, -0.05) is 0 Å². The first-order chi connectivity index (χ1) is 13.8. The highest BCUT2D eigenvalue weighted by atomic mass is 32.2. The molecule has 1 fully saturated rings. The van der Waals surface area contributed by atoms with E-state index in [1.165, 1.54) is 0 Å². The van der Waals surface area contributed by atoms with Gasteiger partial charge in [0.25, 0.3) is 5.91 Å². The molecule has 2 N–H and O–H groups in total. The predicted octanol–water partition coefficient (Wildman–Crippen LogP) is 1.45. The molecule has 0 unspecified atom stereocenters. The number of ether oxygens (including phenoxy) is 1. The van der Waals surface area contributed by atoms with Crippen LogP contribution >= 0.6 is 0 Å². The topological polar surface area (TPSA) is 119 Å². The molecule has 3 heterocycles. The van der Waals surface area contributed by atoms with E-state index in [9.17, 15) is 18.0 Å². The molecule has 4 rings (SSSR count). The molecule has 1 aromatic heterocycles. The van der Waals surface area contributed by atoms with Gasteiger partial charge < -0.3 is 15.4 Å². The minimum Gasteiger partial charge on any atom is -0.484 e. The van der Waals surface area contributed by atoms with E-state index in [1.807, 2.05) is 6.07 Å². The third-order valence-electron chi connectivity index (χ3n) is 5.02. The van der Waals surface area contributed by atoms with Gasteiger partial charge in [-0.2, -0.15) is 5.10 Å². The molecule has 2 amide bonds. The molecular formula is C19H22N4O5S. The van der Waals surface area contributed by atoms with Gasteiger partial charge in [-0.15, -0.1) is 0 Å². The van der Waals surface area contributed by atoms with Gasteiger partial charge in [0, 0.05) is 18.2 Å². The molecule has 9 nitrogen and oxygen atoms in total. The van der Waals surface area contributed by atoms with Crippen molar-refractivity contribution < 1.29 is 22.7 Å². The zero-order chi connectivity index (χ0) is 20.6. The number of nitrogens with one attached hydrogen (secondary N) is 2. The summed E-state index contributed by atoms with van der Waals surface area (Å²) in [6.45, 7) is 1.59. The Hall–Kier alpha value is -2.88. The van der Waals surface area contributed by atoms with Crippen LogP contribution in [0, 0.1) is 6.92 Å². The normalized spacial score (nSPS) is 20.0. The number of sulfone groups is 1. The highest BCUT2D eigenvalue weighted by molar-refractivity contribution is 7.91. The Morgan fingerprint density at radius 1 is 1.34 bits per heavy atom. The van der Waals surface area contributed by atoms with E-state index in [0.29, 0.717) is 36.5 Å². The van der Waals surface area contributed by atoms with Crippen LogP contribution in [0.5, 0.6) is 5.75 Å². The molecule has 10 heteroatoms. The Morgan fingerprint density at radius 2 is 2.17 bits per heavy atom. The molecule has 0 spiro atoms. The molecule has 29 heavy (non-hydrogen) atoms. The maximum absolute atomic E-state index is 12.4. The second-order valence-corrected chi connectivity index (χ2v) is 9.61. The van der Waals surface area contributed by atoms with Crippen molar-refractivity contribution in [3.8, 4) is 5.75 Å².